The highest BCUT2D eigenvalue weighted by atomic mass is 16.5. The molecular weight excluding hydrogens is 408 g/mol. The predicted molar refractivity (Wildman–Crippen MR) is 120 cm³/mol. The quantitative estimate of drug-likeness (QED) is 0.605. The zero-order valence-corrected chi connectivity index (χ0v) is 18.8. The fraction of sp³-hybridized carbons (Fsp3) is 0.400. The van der Waals surface area contributed by atoms with E-state index in [1.54, 1.807) is 45.2 Å². The largest absolute Gasteiger partial charge is 0.497 e. The molecular formula is C25H30N2O5. The summed E-state index contributed by atoms with van der Waals surface area (Å²) in [6, 6.07) is 13.9. The number of ether oxygens (including phenoxy) is 2. The monoisotopic (exact) mass is 438 g/mol. The van der Waals surface area contributed by atoms with Gasteiger partial charge in [0.15, 0.2) is 0 Å². The maximum atomic E-state index is 12.9. The molecule has 0 saturated carbocycles. The third-order valence-electron chi connectivity index (χ3n) is 5.32. The maximum absolute atomic E-state index is 12.9. The maximum Gasteiger partial charge on any atom is 0.308 e. The topological polar surface area (TPSA) is 84.9 Å². The van der Waals surface area contributed by atoms with Crippen molar-refractivity contribution in [3.63, 3.8) is 0 Å². The van der Waals surface area contributed by atoms with Crippen molar-refractivity contribution in [3.8, 4) is 5.75 Å². The lowest BCUT2D eigenvalue weighted by molar-refractivity contribution is -0.148. The van der Waals surface area contributed by atoms with Gasteiger partial charge < -0.3 is 19.7 Å². The molecule has 1 saturated heterocycles. The first-order chi connectivity index (χ1) is 15.4. The van der Waals surface area contributed by atoms with Crippen LogP contribution in [0.25, 0.3) is 0 Å². The summed E-state index contributed by atoms with van der Waals surface area (Å²) in [4.78, 5) is 38.8. The van der Waals surface area contributed by atoms with E-state index in [0.29, 0.717) is 24.3 Å². The molecule has 2 aromatic rings. The summed E-state index contributed by atoms with van der Waals surface area (Å²) in [6.45, 7) is 4.90. The fourth-order valence-electron chi connectivity index (χ4n) is 3.66. The Kier molecular flexibility index (Phi) is 7.87. The fourth-order valence-corrected chi connectivity index (χ4v) is 3.66. The van der Waals surface area contributed by atoms with Crippen LogP contribution in [-0.2, 0) is 20.9 Å². The molecule has 2 amide bonds. The first kappa shape index (κ1) is 23.3. The van der Waals surface area contributed by atoms with Crippen LogP contribution in [-0.4, -0.2) is 42.4 Å². The van der Waals surface area contributed by atoms with Crippen LogP contribution in [0.4, 0.5) is 0 Å². The Bertz CT molecular complexity index is 938. The molecule has 32 heavy (non-hydrogen) atoms. The second-order valence-electron chi connectivity index (χ2n) is 8.16. The lowest BCUT2D eigenvalue weighted by Crippen LogP contribution is -2.31. The summed E-state index contributed by atoms with van der Waals surface area (Å²) < 4.78 is 10.5. The van der Waals surface area contributed by atoms with Gasteiger partial charge in [-0.1, -0.05) is 24.3 Å². The number of nitrogens with one attached hydrogen (secondary N) is 1. The van der Waals surface area contributed by atoms with Gasteiger partial charge in [-0.15, -0.1) is 0 Å². The summed E-state index contributed by atoms with van der Waals surface area (Å²) in [5, 5.41) is 2.95. The van der Waals surface area contributed by atoms with Crippen LogP contribution in [0.15, 0.2) is 48.5 Å². The van der Waals surface area contributed by atoms with E-state index in [0.717, 1.165) is 24.1 Å². The minimum absolute atomic E-state index is 0.0192. The second kappa shape index (κ2) is 10.8. The molecule has 1 aliphatic heterocycles. The zero-order chi connectivity index (χ0) is 23.1. The number of methoxy groups -OCH3 is 1. The zero-order valence-electron chi connectivity index (χ0n) is 18.8. The van der Waals surface area contributed by atoms with Crippen LogP contribution < -0.4 is 10.1 Å². The van der Waals surface area contributed by atoms with Gasteiger partial charge in [-0.3, -0.25) is 14.4 Å². The van der Waals surface area contributed by atoms with Crippen molar-refractivity contribution in [1.29, 1.82) is 0 Å². The van der Waals surface area contributed by atoms with E-state index in [2.05, 4.69) is 5.32 Å². The van der Waals surface area contributed by atoms with Crippen LogP contribution in [0.3, 0.4) is 0 Å². The molecule has 7 nitrogen and oxygen atoms in total. The molecule has 0 radical (unpaired) electrons. The van der Waals surface area contributed by atoms with Gasteiger partial charge in [0, 0.05) is 25.1 Å². The van der Waals surface area contributed by atoms with Crippen molar-refractivity contribution in [2.45, 2.75) is 51.8 Å². The Morgan fingerprint density at radius 1 is 1.06 bits per heavy atom. The number of carbonyl (C=O) groups is 3. The number of rotatable bonds is 9. The Balaban J connectivity index is 1.70. The van der Waals surface area contributed by atoms with Crippen molar-refractivity contribution in [1.82, 2.24) is 10.2 Å². The highest BCUT2D eigenvalue weighted by Crippen LogP contribution is 2.22. The number of esters is 1. The van der Waals surface area contributed by atoms with E-state index in [4.69, 9.17) is 9.47 Å². The van der Waals surface area contributed by atoms with E-state index in [1.165, 1.54) is 0 Å². The molecule has 1 unspecified atom stereocenters. The van der Waals surface area contributed by atoms with Crippen molar-refractivity contribution in [2.24, 2.45) is 0 Å². The van der Waals surface area contributed by atoms with Gasteiger partial charge in [0.05, 0.1) is 25.7 Å². The number of amides is 2. The van der Waals surface area contributed by atoms with E-state index >= 15 is 0 Å². The molecule has 170 valence electrons. The Hall–Kier alpha value is -3.35. The summed E-state index contributed by atoms with van der Waals surface area (Å²) in [5.41, 5.74) is 2.24. The number of hydrogen-bond donors (Lipinski definition) is 1. The van der Waals surface area contributed by atoms with E-state index in [9.17, 15) is 14.4 Å². The first-order valence-corrected chi connectivity index (χ1v) is 10.9. The predicted octanol–water partition coefficient (Wildman–Crippen LogP) is 3.63. The SMILES string of the molecule is COc1ccc(C(CC(=O)OC(C)C)NC(=O)c2ccc(CN3CCCC3=O)cc2)cc1. The third-order valence-corrected chi connectivity index (χ3v) is 5.32. The second-order valence-corrected chi connectivity index (χ2v) is 8.16. The first-order valence-electron chi connectivity index (χ1n) is 10.9. The molecule has 0 spiro atoms. The van der Waals surface area contributed by atoms with Gasteiger partial charge in [-0.05, 0) is 55.7 Å². The molecule has 1 heterocycles. The van der Waals surface area contributed by atoms with Gasteiger partial charge in [-0.2, -0.15) is 0 Å². The summed E-state index contributed by atoms with van der Waals surface area (Å²) >= 11 is 0. The third kappa shape index (κ3) is 6.33. The van der Waals surface area contributed by atoms with Crippen LogP contribution in [0.5, 0.6) is 5.75 Å². The molecule has 0 bridgehead atoms. The molecule has 0 aromatic heterocycles. The average molecular weight is 439 g/mol. The Labute approximate surface area is 188 Å². The van der Waals surface area contributed by atoms with E-state index in [-0.39, 0.29) is 30.3 Å². The highest BCUT2D eigenvalue weighted by Gasteiger charge is 2.22. The van der Waals surface area contributed by atoms with E-state index in [1.807, 2.05) is 29.2 Å². The number of hydrogen-bond acceptors (Lipinski definition) is 5. The highest BCUT2D eigenvalue weighted by molar-refractivity contribution is 5.94. The van der Waals surface area contributed by atoms with Gasteiger partial charge in [-0.25, -0.2) is 0 Å². The average Bonchev–Trinajstić information content (AvgIpc) is 3.17. The van der Waals surface area contributed by atoms with Crippen molar-refractivity contribution < 1.29 is 23.9 Å². The molecule has 3 rings (SSSR count). The van der Waals surface area contributed by atoms with Gasteiger partial charge in [0.25, 0.3) is 5.91 Å². The van der Waals surface area contributed by atoms with Crippen LogP contribution in [0.1, 0.15) is 60.6 Å². The normalized spacial score (nSPS) is 14.4. The van der Waals surface area contributed by atoms with Crippen molar-refractivity contribution >= 4 is 17.8 Å². The molecule has 1 N–H and O–H groups in total. The molecule has 7 heteroatoms. The van der Waals surface area contributed by atoms with Gasteiger partial charge >= 0.3 is 5.97 Å². The van der Waals surface area contributed by atoms with Gasteiger partial charge in [0.1, 0.15) is 5.75 Å². The molecule has 2 aromatic carbocycles. The summed E-state index contributed by atoms with van der Waals surface area (Å²) in [6.07, 6.45) is 1.29. The van der Waals surface area contributed by atoms with Crippen LogP contribution in [0, 0.1) is 0 Å². The summed E-state index contributed by atoms with van der Waals surface area (Å²) in [5.74, 6) is 0.191. The van der Waals surface area contributed by atoms with E-state index < -0.39 is 6.04 Å². The standard InChI is InChI=1S/C25H30N2O5/c1-17(2)32-24(29)15-22(19-10-12-21(31-3)13-11-19)26-25(30)20-8-6-18(7-9-20)16-27-14-4-5-23(27)28/h6-13,17,22H,4-5,14-16H2,1-3H3,(H,26,30). The Morgan fingerprint density at radius 2 is 1.75 bits per heavy atom. The van der Waals surface area contributed by atoms with Gasteiger partial charge in [0.2, 0.25) is 5.91 Å². The smallest absolute Gasteiger partial charge is 0.308 e. The molecule has 0 aliphatic carbocycles. The minimum atomic E-state index is -0.540. The Morgan fingerprint density at radius 3 is 2.31 bits per heavy atom. The van der Waals surface area contributed by atoms with Crippen molar-refractivity contribution in [3.05, 3.63) is 65.2 Å². The molecule has 1 aliphatic rings. The molecule has 1 atom stereocenters. The van der Waals surface area contributed by atoms with Crippen molar-refractivity contribution in [2.75, 3.05) is 13.7 Å². The van der Waals surface area contributed by atoms with Crippen LogP contribution in [0.2, 0.25) is 0 Å². The van der Waals surface area contributed by atoms with Crippen LogP contribution >= 0.6 is 0 Å². The lowest BCUT2D eigenvalue weighted by atomic mass is 10.0. The number of nitrogens with zero attached hydrogens (tertiary/aromatic N) is 1. The minimum Gasteiger partial charge on any atom is -0.497 e. The number of carbonyl (C=O) groups excluding carboxylic acids is 3. The number of benzene rings is 2. The number of likely N-dealkylation sites (tertiary alicyclic amines) is 1. The molecule has 1 fully saturated rings. The lowest BCUT2D eigenvalue weighted by Gasteiger charge is -2.20. The summed E-state index contributed by atoms with van der Waals surface area (Å²) in [7, 11) is 1.58.